The predicted octanol–water partition coefficient (Wildman–Crippen LogP) is 1.19. The molecule has 0 aromatic carbocycles. The first kappa shape index (κ1) is 15.4. The first-order valence-corrected chi connectivity index (χ1v) is 5.33. The lowest BCUT2D eigenvalue weighted by molar-refractivity contribution is -0.141. The Balaban J connectivity index is 4.27. The van der Waals surface area contributed by atoms with E-state index in [4.69, 9.17) is 9.84 Å². The molecule has 6 heteroatoms. The second-order valence-corrected chi connectivity index (χ2v) is 4.86. The van der Waals surface area contributed by atoms with Gasteiger partial charge in [-0.25, -0.2) is 4.79 Å². The average Bonchev–Trinajstić information content (AvgIpc) is 2.13. The van der Waals surface area contributed by atoms with Crippen LogP contribution in [-0.2, 0) is 14.3 Å². The molecule has 17 heavy (non-hydrogen) atoms. The first-order chi connectivity index (χ1) is 7.65. The Bertz CT molecular complexity index is 295. The molecule has 0 aromatic heterocycles. The lowest BCUT2D eigenvalue weighted by atomic mass is 10.0. The Labute approximate surface area is 100 Å². The number of aldehydes is 1. The Kier molecular flexibility index (Phi) is 5.64. The van der Waals surface area contributed by atoms with E-state index in [1.54, 1.807) is 20.8 Å². The SMILES string of the molecule is CC(C[C@@H](C=O)NC(=O)OC(C)(C)C)C(=O)O. The number of carboxylic acid groups (broad SMARTS) is 1. The highest BCUT2D eigenvalue weighted by molar-refractivity contribution is 5.75. The van der Waals surface area contributed by atoms with E-state index in [0.717, 1.165) is 0 Å². The molecular formula is C11H19NO5. The maximum Gasteiger partial charge on any atom is 0.408 e. The quantitative estimate of drug-likeness (QED) is 0.710. The van der Waals surface area contributed by atoms with Gasteiger partial charge in [-0.1, -0.05) is 6.92 Å². The van der Waals surface area contributed by atoms with Gasteiger partial charge in [0.1, 0.15) is 11.9 Å². The molecule has 2 atom stereocenters. The number of hydrogen-bond donors (Lipinski definition) is 2. The summed E-state index contributed by atoms with van der Waals surface area (Å²) < 4.78 is 4.96. The van der Waals surface area contributed by atoms with Crippen LogP contribution >= 0.6 is 0 Å². The molecule has 0 heterocycles. The van der Waals surface area contributed by atoms with Crippen molar-refractivity contribution in [2.24, 2.45) is 5.92 Å². The van der Waals surface area contributed by atoms with E-state index in [0.29, 0.717) is 6.29 Å². The Morgan fingerprint density at radius 1 is 1.41 bits per heavy atom. The third kappa shape index (κ3) is 7.32. The minimum atomic E-state index is -1.01. The van der Waals surface area contributed by atoms with Crippen LogP contribution in [0.15, 0.2) is 0 Å². The maximum atomic E-state index is 11.3. The fourth-order valence-corrected chi connectivity index (χ4v) is 1.09. The molecule has 0 aliphatic carbocycles. The summed E-state index contributed by atoms with van der Waals surface area (Å²) in [6.07, 6.45) is -0.186. The maximum absolute atomic E-state index is 11.3. The summed E-state index contributed by atoms with van der Waals surface area (Å²) >= 11 is 0. The van der Waals surface area contributed by atoms with Gasteiger partial charge in [-0.3, -0.25) is 4.79 Å². The van der Waals surface area contributed by atoms with Crippen LogP contribution < -0.4 is 5.32 Å². The van der Waals surface area contributed by atoms with Gasteiger partial charge < -0.3 is 20.0 Å². The van der Waals surface area contributed by atoms with Crippen molar-refractivity contribution in [2.75, 3.05) is 0 Å². The molecule has 0 rings (SSSR count). The number of hydrogen-bond acceptors (Lipinski definition) is 4. The normalized spacial score (nSPS) is 14.6. The lowest BCUT2D eigenvalue weighted by Crippen LogP contribution is -2.41. The Hall–Kier alpha value is -1.59. The monoisotopic (exact) mass is 245 g/mol. The second-order valence-electron chi connectivity index (χ2n) is 4.86. The average molecular weight is 245 g/mol. The van der Waals surface area contributed by atoms with Crippen LogP contribution in [0.2, 0.25) is 0 Å². The summed E-state index contributed by atoms with van der Waals surface area (Å²) in [7, 11) is 0. The summed E-state index contributed by atoms with van der Waals surface area (Å²) in [5.74, 6) is -1.72. The van der Waals surface area contributed by atoms with Crippen molar-refractivity contribution in [3.8, 4) is 0 Å². The van der Waals surface area contributed by atoms with Crippen LogP contribution in [0.1, 0.15) is 34.1 Å². The van der Waals surface area contributed by atoms with Crippen molar-refractivity contribution in [3.05, 3.63) is 0 Å². The molecule has 0 aliphatic heterocycles. The number of rotatable bonds is 5. The smallest absolute Gasteiger partial charge is 0.408 e. The van der Waals surface area contributed by atoms with Gasteiger partial charge in [0.2, 0.25) is 0 Å². The third-order valence-corrected chi connectivity index (χ3v) is 1.90. The number of alkyl carbamates (subject to hydrolysis) is 1. The van der Waals surface area contributed by atoms with Crippen LogP contribution in [0.25, 0.3) is 0 Å². The number of carboxylic acids is 1. The van der Waals surface area contributed by atoms with Gasteiger partial charge in [0, 0.05) is 0 Å². The molecule has 0 aliphatic rings. The molecule has 0 bridgehead atoms. The zero-order valence-electron chi connectivity index (χ0n) is 10.5. The summed E-state index contributed by atoms with van der Waals surface area (Å²) in [6, 6.07) is -0.851. The minimum absolute atomic E-state index is 0.0398. The van der Waals surface area contributed by atoms with Gasteiger partial charge in [-0.15, -0.1) is 0 Å². The largest absolute Gasteiger partial charge is 0.481 e. The highest BCUT2D eigenvalue weighted by atomic mass is 16.6. The summed E-state index contributed by atoms with van der Waals surface area (Å²) in [4.78, 5) is 32.6. The van der Waals surface area contributed by atoms with E-state index in [-0.39, 0.29) is 6.42 Å². The van der Waals surface area contributed by atoms with Crippen molar-refractivity contribution in [3.63, 3.8) is 0 Å². The number of carbonyl (C=O) groups is 3. The molecule has 98 valence electrons. The fraction of sp³-hybridized carbons (Fsp3) is 0.727. The van der Waals surface area contributed by atoms with Gasteiger partial charge >= 0.3 is 12.1 Å². The highest BCUT2D eigenvalue weighted by Crippen LogP contribution is 2.09. The van der Waals surface area contributed by atoms with Gasteiger partial charge in [-0.05, 0) is 27.2 Å². The minimum Gasteiger partial charge on any atom is -0.481 e. The van der Waals surface area contributed by atoms with Crippen LogP contribution in [0.5, 0.6) is 0 Å². The van der Waals surface area contributed by atoms with E-state index in [1.807, 2.05) is 0 Å². The Morgan fingerprint density at radius 2 is 1.94 bits per heavy atom. The standard InChI is InChI=1S/C11H19NO5/c1-7(9(14)15)5-8(6-13)12-10(16)17-11(2,3)4/h6-8H,5H2,1-4H3,(H,12,16)(H,14,15)/t7?,8-/m0/s1. The predicted molar refractivity (Wildman–Crippen MR) is 60.6 cm³/mol. The number of carbonyl (C=O) groups excluding carboxylic acids is 2. The molecule has 0 aromatic rings. The van der Waals surface area contributed by atoms with Gasteiger partial charge in [0.05, 0.1) is 12.0 Å². The number of aliphatic carboxylic acids is 1. The van der Waals surface area contributed by atoms with Crippen molar-refractivity contribution in [1.82, 2.24) is 5.32 Å². The van der Waals surface area contributed by atoms with Gasteiger partial charge in [0.15, 0.2) is 0 Å². The lowest BCUT2D eigenvalue weighted by Gasteiger charge is -2.22. The molecule has 2 N–H and O–H groups in total. The number of amides is 1. The van der Waals surface area contributed by atoms with Gasteiger partial charge in [-0.2, -0.15) is 0 Å². The van der Waals surface area contributed by atoms with Crippen LogP contribution in [0, 0.1) is 5.92 Å². The van der Waals surface area contributed by atoms with E-state index in [2.05, 4.69) is 5.32 Å². The van der Waals surface area contributed by atoms with E-state index >= 15 is 0 Å². The molecule has 1 unspecified atom stereocenters. The molecule has 6 nitrogen and oxygen atoms in total. The molecule has 0 saturated heterocycles. The topological polar surface area (TPSA) is 92.7 Å². The second kappa shape index (κ2) is 6.22. The first-order valence-electron chi connectivity index (χ1n) is 5.33. The van der Waals surface area contributed by atoms with Crippen LogP contribution in [0.3, 0.4) is 0 Å². The molecule has 0 spiro atoms. The van der Waals surface area contributed by atoms with Crippen LogP contribution in [-0.4, -0.2) is 35.1 Å². The fourth-order valence-electron chi connectivity index (χ4n) is 1.09. The van der Waals surface area contributed by atoms with Crippen molar-refractivity contribution in [2.45, 2.75) is 45.8 Å². The molecular weight excluding hydrogens is 226 g/mol. The van der Waals surface area contributed by atoms with E-state index < -0.39 is 29.6 Å². The molecule has 0 fully saturated rings. The van der Waals surface area contributed by atoms with E-state index in [9.17, 15) is 14.4 Å². The third-order valence-electron chi connectivity index (χ3n) is 1.90. The summed E-state index contributed by atoms with van der Waals surface area (Å²) in [6.45, 7) is 6.56. The zero-order valence-corrected chi connectivity index (χ0v) is 10.5. The molecule has 0 radical (unpaired) electrons. The summed E-state index contributed by atoms with van der Waals surface area (Å²) in [5.41, 5.74) is -0.657. The van der Waals surface area contributed by atoms with Crippen molar-refractivity contribution in [1.29, 1.82) is 0 Å². The molecule has 0 saturated carbocycles. The van der Waals surface area contributed by atoms with Gasteiger partial charge in [0.25, 0.3) is 0 Å². The van der Waals surface area contributed by atoms with Crippen molar-refractivity contribution < 1.29 is 24.2 Å². The highest BCUT2D eigenvalue weighted by Gasteiger charge is 2.22. The van der Waals surface area contributed by atoms with Crippen molar-refractivity contribution >= 4 is 18.3 Å². The summed E-state index contributed by atoms with van der Waals surface area (Å²) in [5, 5.41) is 11.0. The molecule has 1 amide bonds. The van der Waals surface area contributed by atoms with E-state index in [1.165, 1.54) is 6.92 Å². The Morgan fingerprint density at radius 3 is 2.29 bits per heavy atom. The number of ether oxygens (including phenoxy) is 1. The zero-order chi connectivity index (χ0) is 13.6. The number of nitrogens with one attached hydrogen (secondary N) is 1. The van der Waals surface area contributed by atoms with Crippen LogP contribution in [0.4, 0.5) is 4.79 Å².